The highest BCUT2D eigenvalue weighted by Gasteiger charge is 2.22. The van der Waals surface area contributed by atoms with Crippen molar-refractivity contribution >= 4 is 5.91 Å². The van der Waals surface area contributed by atoms with E-state index in [0.29, 0.717) is 18.0 Å². The second-order valence-corrected chi connectivity index (χ2v) is 6.85. The van der Waals surface area contributed by atoms with Gasteiger partial charge in [0.1, 0.15) is 5.76 Å². The molecule has 2 heterocycles. The Morgan fingerprint density at radius 3 is 3.00 bits per heavy atom. The van der Waals surface area contributed by atoms with Gasteiger partial charge >= 0.3 is 0 Å². The van der Waals surface area contributed by atoms with Crippen molar-refractivity contribution in [2.45, 2.75) is 45.7 Å². The molecule has 0 unspecified atom stereocenters. The highest BCUT2D eigenvalue weighted by molar-refractivity contribution is 5.94. The minimum atomic E-state index is -0.225. The van der Waals surface area contributed by atoms with Gasteiger partial charge < -0.3 is 9.84 Å². The molecule has 6 heteroatoms. The number of carbonyl (C=O) groups excluding carboxylic acids is 1. The Kier molecular flexibility index (Phi) is 4.32. The van der Waals surface area contributed by atoms with Gasteiger partial charge in [-0.25, -0.2) is 0 Å². The van der Waals surface area contributed by atoms with Crippen LogP contribution in [0.3, 0.4) is 0 Å². The second kappa shape index (κ2) is 6.78. The molecule has 0 saturated heterocycles. The maximum Gasteiger partial charge on any atom is 0.274 e. The van der Waals surface area contributed by atoms with Crippen LogP contribution < -0.4 is 5.32 Å². The molecule has 0 saturated carbocycles. The van der Waals surface area contributed by atoms with Crippen molar-refractivity contribution in [1.82, 2.24) is 20.3 Å². The highest BCUT2D eigenvalue weighted by Crippen LogP contribution is 2.25. The van der Waals surface area contributed by atoms with Gasteiger partial charge in [-0.3, -0.25) is 9.48 Å². The first-order valence-corrected chi connectivity index (χ1v) is 8.97. The number of aryl methyl sites for hydroxylation is 3. The first kappa shape index (κ1) is 16.6. The zero-order chi connectivity index (χ0) is 18.1. The molecule has 1 amide bonds. The second-order valence-electron chi connectivity index (χ2n) is 6.85. The molecule has 1 N–H and O–H groups in total. The van der Waals surface area contributed by atoms with Gasteiger partial charge in [-0.15, -0.1) is 0 Å². The van der Waals surface area contributed by atoms with E-state index in [1.807, 2.05) is 26.1 Å². The smallest absolute Gasteiger partial charge is 0.274 e. The number of aromatic nitrogens is 3. The van der Waals surface area contributed by atoms with Crippen LogP contribution in [0.25, 0.3) is 0 Å². The van der Waals surface area contributed by atoms with Gasteiger partial charge in [0.05, 0.1) is 12.6 Å². The van der Waals surface area contributed by atoms with E-state index in [0.717, 1.165) is 24.0 Å². The third-order valence-corrected chi connectivity index (χ3v) is 5.05. The highest BCUT2D eigenvalue weighted by atomic mass is 16.5. The monoisotopic (exact) mass is 350 g/mol. The molecule has 26 heavy (non-hydrogen) atoms. The summed E-state index contributed by atoms with van der Waals surface area (Å²) in [6.07, 6.45) is 7.06. The molecule has 1 atom stereocenters. The SMILES string of the molecule is Cc1onc(C(=O)N[C@@H](C)c2ccc3c(c2)CCC3)c1Cn1cccn1. The number of rotatable bonds is 5. The summed E-state index contributed by atoms with van der Waals surface area (Å²) in [5.41, 5.74) is 5.03. The van der Waals surface area contributed by atoms with E-state index < -0.39 is 0 Å². The Morgan fingerprint density at radius 2 is 2.19 bits per heavy atom. The molecule has 0 fully saturated rings. The van der Waals surface area contributed by atoms with Crippen molar-refractivity contribution in [3.63, 3.8) is 0 Å². The number of nitrogens with one attached hydrogen (secondary N) is 1. The summed E-state index contributed by atoms with van der Waals surface area (Å²) in [5, 5.41) is 11.2. The van der Waals surface area contributed by atoms with Crippen LogP contribution in [0.15, 0.2) is 41.2 Å². The average molecular weight is 350 g/mol. The summed E-state index contributed by atoms with van der Waals surface area (Å²) in [6.45, 7) is 4.26. The zero-order valence-electron chi connectivity index (χ0n) is 15.0. The standard InChI is InChI=1S/C20H22N4O2/c1-13(16-8-7-15-5-3-6-17(15)11-16)22-20(25)19-18(14(2)26-23-19)12-24-10-4-9-21-24/h4,7-11,13H,3,5-6,12H2,1-2H3,(H,22,25)/t13-/m0/s1. The van der Waals surface area contributed by atoms with Gasteiger partial charge in [-0.05, 0) is 55.9 Å². The van der Waals surface area contributed by atoms with Crippen LogP contribution in [-0.4, -0.2) is 20.8 Å². The molecule has 0 aliphatic heterocycles. The summed E-state index contributed by atoms with van der Waals surface area (Å²) in [7, 11) is 0. The Morgan fingerprint density at radius 1 is 1.35 bits per heavy atom. The summed E-state index contributed by atoms with van der Waals surface area (Å²) < 4.78 is 7.01. The lowest BCUT2D eigenvalue weighted by atomic mass is 10.0. The van der Waals surface area contributed by atoms with Crippen molar-refractivity contribution in [1.29, 1.82) is 0 Å². The fourth-order valence-corrected chi connectivity index (χ4v) is 3.52. The number of carbonyl (C=O) groups is 1. The Labute approximate surface area is 152 Å². The predicted molar refractivity (Wildman–Crippen MR) is 96.9 cm³/mol. The number of hydrogen-bond acceptors (Lipinski definition) is 4. The van der Waals surface area contributed by atoms with Gasteiger partial charge in [0.15, 0.2) is 5.69 Å². The van der Waals surface area contributed by atoms with Crippen molar-refractivity contribution in [2.24, 2.45) is 0 Å². The van der Waals surface area contributed by atoms with Crippen LogP contribution in [0, 0.1) is 6.92 Å². The van der Waals surface area contributed by atoms with E-state index >= 15 is 0 Å². The summed E-state index contributed by atoms with van der Waals surface area (Å²) in [5.74, 6) is 0.410. The van der Waals surface area contributed by atoms with E-state index in [9.17, 15) is 4.79 Å². The molecule has 0 bridgehead atoms. The lowest BCUT2D eigenvalue weighted by Gasteiger charge is -2.15. The molecule has 4 rings (SSSR count). The van der Waals surface area contributed by atoms with E-state index in [1.165, 1.54) is 17.5 Å². The molecule has 134 valence electrons. The normalized spacial score (nSPS) is 14.2. The minimum Gasteiger partial charge on any atom is -0.361 e. The van der Waals surface area contributed by atoms with Gasteiger partial charge in [0, 0.05) is 18.0 Å². The molecule has 6 nitrogen and oxygen atoms in total. The number of fused-ring (bicyclic) bond motifs is 1. The van der Waals surface area contributed by atoms with Crippen molar-refractivity contribution in [2.75, 3.05) is 0 Å². The van der Waals surface area contributed by atoms with Crippen LogP contribution >= 0.6 is 0 Å². The zero-order valence-corrected chi connectivity index (χ0v) is 15.0. The first-order valence-electron chi connectivity index (χ1n) is 8.97. The van der Waals surface area contributed by atoms with Gasteiger partial charge in [0.2, 0.25) is 0 Å². The molecule has 2 aromatic heterocycles. The average Bonchev–Trinajstić information content (AvgIpc) is 3.37. The maximum absolute atomic E-state index is 12.8. The largest absolute Gasteiger partial charge is 0.361 e. The topological polar surface area (TPSA) is 73.0 Å². The molecule has 1 aliphatic carbocycles. The van der Waals surface area contributed by atoms with E-state index in [-0.39, 0.29) is 11.9 Å². The third-order valence-electron chi connectivity index (χ3n) is 5.05. The summed E-state index contributed by atoms with van der Waals surface area (Å²) in [4.78, 5) is 12.8. The predicted octanol–water partition coefficient (Wildman–Crippen LogP) is 3.21. The van der Waals surface area contributed by atoms with Crippen LogP contribution in [0.1, 0.15) is 57.9 Å². The minimum absolute atomic E-state index is 0.0945. The van der Waals surface area contributed by atoms with Gasteiger partial charge in [-0.1, -0.05) is 23.4 Å². The Balaban J connectivity index is 1.51. The molecule has 1 aliphatic rings. The lowest BCUT2D eigenvalue weighted by Crippen LogP contribution is -2.28. The van der Waals surface area contributed by atoms with Crippen molar-refractivity contribution in [3.8, 4) is 0 Å². The maximum atomic E-state index is 12.8. The van der Waals surface area contributed by atoms with Crippen molar-refractivity contribution < 1.29 is 9.32 Å². The Hall–Kier alpha value is -2.89. The Bertz CT molecular complexity index is 927. The number of hydrogen-bond donors (Lipinski definition) is 1. The number of nitrogens with zero attached hydrogens (tertiary/aromatic N) is 3. The fraction of sp³-hybridized carbons (Fsp3) is 0.350. The van der Waals surface area contributed by atoms with Crippen LogP contribution in [-0.2, 0) is 19.4 Å². The molecular weight excluding hydrogens is 328 g/mol. The quantitative estimate of drug-likeness (QED) is 0.767. The van der Waals surface area contributed by atoms with Crippen molar-refractivity contribution in [3.05, 3.63) is 70.4 Å². The van der Waals surface area contributed by atoms with E-state index in [4.69, 9.17) is 4.52 Å². The van der Waals surface area contributed by atoms with Gasteiger partial charge in [0.25, 0.3) is 5.91 Å². The van der Waals surface area contributed by atoms with E-state index in [1.54, 1.807) is 10.9 Å². The number of amides is 1. The van der Waals surface area contributed by atoms with Crippen LogP contribution in [0.2, 0.25) is 0 Å². The molecule has 3 aromatic rings. The summed E-state index contributed by atoms with van der Waals surface area (Å²) in [6, 6.07) is 8.25. The van der Waals surface area contributed by atoms with E-state index in [2.05, 4.69) is 33.8 Å². The lowest BCUT2D eigenvalue weighted by molar-refractivity contribution is 0.0929. The third kappa shape index (κ3) is 3.14. The fourth-order valence-electron chi connectivity index (χ4n) is 3.52. The first-order chi connectivity index (χ1) is 12.6. The van der Waals surface area contributed by atoms with Gasteiger partial charge in [-0.2, -0.15) is 5.10 Å². The number of benzene rings is 1. The molecule has 1 aromatic carbocycles. The molecule has 0 spiro atoms. The van der Waals surface area contributed by atoms with Crippen LogP contribution in [0.5, 0.6) is 0 Å². The van der Waals surface area contributed by atoms with Crippen LogP contribution in [0.4, 0.5) is 0 Å². The molecular formula is C20H22N4O2. The molecule has 0 radical (unpaired) electrons. The summed E-state index contributed by atoms with van der Waals surface area (Å²) >= 11 is 0.